The number of H-pyrrole nitrogens is 1. The van der Waals surface area contributed by atoms with Crippen molar-refractivity contribution in [1.82, 2.24) is 9.55 Å². The summed E-state index contributed by atoms with van der Waals surface area (Å²) in [7, 11) is 0. The second-order valence-corrected chi connectivity index (χ2v) is 5.47. The Morgan fingerprint density at radius 1 is 1.55 bits per heavy atom. The van der Waals surface area contributed by atoms with Crippen molar-refractivity contribution in [2.75, 3.05) is 6.61 Å². The van der Waals surface area contributed by atoms with Crippen LogP contribution in [0.25, 0.3) is 0 Å². The van der Waals surface area contributed by atoms with E-state index in [4.69, 9.17) is 5.11 Å². The van der Waals surface area contributed by atoms with Gasteiger partial charge in [0.1, 0.15) is 6.61 Å². The number of nitrogens with zero attached hydrogens (tertiary/aromatic N) is 1. The molecule has 1 aromatic heterocycles. The third-order valence-corrected chi connectivity index (χ3v) is 3.69. The topological polar surface area (TPSA) is 105 Å². The predicted molar refractivity (Wildman–Crippen MR) is 65.6 cm³/mol. The molecule has 0 aliphatic carbocycles. The van der Waals surface area contributed by atoms with Gasteiger partial charge in [-0.2, -0.15) is 0 Å². The summed E-state index contributed by atoms with van der Waals surface area (Å²) in [5.74, 6) is -3.05. The molecule has 0 saturated carbocycles. The largest absolute Gasteiger partial charge is 0.390 e. The molecule has 2 heterocycles. The van der Waals surface area contributed by atoms with Gasteiger partial charge in [0.2, 0.25) is 0 Å². The Balaban J connectivity index is 2.57. The summed E-state index contributed by atoms with van der Waals surface area (Å²) in [6.07, 6.45) is -3.24. The maximum absolute atomic E-state index is 14.5. The van der Waals surface area contributed by atoms with E-state index in [1.54, 1.807) is 0 Å². The lowest BCUT2D eigenvalue weighted by molar-refractivity contribution is -0.207. The minimum absolute atomic E-state index is 0.105. The van der Waals surface area contributed by atoms with Gasteiger partial charge < -0.3 is 14.9 Å². The Labute approximate surface area is 118 Å². The molecule has 0 spiro atoms. The molecule has 1 aromatic rings. The average Bonchev–Trinajstić information content (AvgIpc) is 2.56. The molecular formula is C10H11BrF2N2O5. The highest BCUT2D eigenvalue weighted by Gasteiger charge is 2.64. The van der Waals surface area contributed by atoms with Crippen LogP contribution in [0, 0.1) is 0 Å². The number of nitrogens with one attached hydrogen (secondary N) is 1. The number of ether oxygens (including phenoxy) is 1. The summed E-state index contributed by atoms with van der Waals surface area (Å²) in [6.45, 7) is -0.464. The Hall–Kier alpha value is -1.10. The molecule has 0 amide bonds. The number of aromatic amines is 1. The van der Waals surface area contributed by atoms with Crippen molar-refractivity contribution >= 4 is 15.9 Å². The molecule has 1 aliphatic heterocycles. The van der Waals surface area contributed by atoms with Crippen LogP contribution in [-0.2, 0) is 4.74 Å². The van der Waals surface area contributed by atoms with Crippen molar-refractivity contribution in [2.24, 2.45) is 0 Å². The van der Waals surface area contributed by atoms with Crippen LogP contribution in [-0.4, -0.2) is 44.0 Å². The Kier molecular flexibility index (Phi) is 3.61. The first-order valence-electron chi connectivity index (χ1n) is 5.49. The normalized spacial score (nSPS) is 37.3. The fourth-order valence-electron chi connectivity index (χ4n) is 2.01. The molecule has 7 nitrogen and oxygen atoms in total. The average molecular weight is 357 g/mol. The molecule has 0 radical (unpaired) electrons. The number of hydrogen-bond donors (Lipinski definition) is 3. The van der Waals surface area contributed by atoms with Gasteiger partial charge in [0.05, 0.1) is 4.47 Å². The third-order valence-electron chi connectivity index (χ3n) is 3.13. The lowest BCUT2D eigenvalue weighted by atomic mass is 9.97. The number of aliphatic hydroxyl groups is 2. The zero-order valence-corrected chi connectivity index (χ0v) is 11.7. The summed E-state index contributed by atoms with van der Waals surface area (Å²) in [4.78, 5) is 24.7. The number of rotatable bonds is 2. The molecule has 0 unspecified atom stereocenters. The Bertz CT molecular complexity index is 645. The van der Waals surface area contributed by atoms with Crippen molar-refractivity contribution in [1.29, 1.82) is 0 Å². The van der Waals surface area contributed by atoms with E-state index in [1.165, 1.54) is 0 Å². The van der Waals surface area contributed by atoms with Crippen LogP contribution in [0.5, 0.6) is 0 Å². The molecule has 4 atom stereocenters. The third kappa shape index (κ3) is 2.12. The number of aromatic nitrogens is 2. The molecule has 0 aromatic carbocycles. The van der Waals surface area contributed by atoms with Crippen LogP contribution < -0.4 is 11.2 Å². The Morgan fingerprint density at radius 3 is 2.65 bits per heavy atom. The second kappa shape index (κ2) is 4.72. The first kappa shape index (κ1) is 15.3. The lowest BCUT2D eigenvalue weighted by Gasteiger charge is -2.24. The van der Waals surface area contributed by atoms with Crippen LogP contribution in [0.3, 0.4) is 0 Å². The number of halogens is 3. The first-order chi connectivity index (χ1) is 9.13. The zero-order valence-electron chi connectivity index (χ0n) is 10.1. The molecule has 3 N–H and O–H groups in total. The predicted octanol–water partition coefficient (Wildman–Crippen LogP) is -0.425. The minimum atomic E-state index is -3.05. The van der Waals surface area contributed by atoms with Gasteiger partial charge in [-0.25, -0.2) is 13.6 Å². The van der Waals surface area contributed by atoms with Gasteiger partial charge in [-0.05, 0) is 22.9 Å². The zero-order chi connectivity index (χ0) is 15.3. The quantitative estimate of drug-likeness (QED) is 0.667. The summed E-state index contributed by atoms with van der Waals surface area (Å²) < 4.78 is 33.6. The monoisotopic (exact) mass is 356 g/mol. The highest BCUT2D eigenvalue weighted by Crippen LogP contribution is 2.46. The van der Waals surface area contributed by atoms with Gasteiger partial charge in [0, 0.05) is 6.20 Å². The second-order valence-electron chi connectivity index (χ2n) is 4.61. The van der Waals surface area contributed by atoms with E-state index in [0.717, 1.165) is 13.1 Å². The lowest BCUT2D eigenvalue weighted by Crippen LogP contribution is -2.47. The van der Waals surface area contributed by atoms with E-state index >= 15 is 0 Å². The van der Waals surface area contributed by atoms with Gasteiger partial charge in [-0.15, -0.1) is 0 Å². The molecule has 1 fully saturated rings. The minimum Gasteiger partial charge on any atom is -0.390 e. The molecule has 20 heavy (non-hydrogen) atoms. The summed E-state index contributed by atoms with van der Waals surface area (Å²) >= 11 is 2.84. The maximum Gasteiger partial charge on any atom is 0.330 e. The van der Waals surface area contributed by atoms with Crippen molar-refractivity contribution in [2.45, 2.75) is 30.8 Å². The van der Waals surface area contributed by atoms with E-state index in [0.29, 0.717) is 4.57 Å². The van der Waals surface area contributed by atoms with E-state index in [9.17, 15) is 23.5 Å². The molecular weight excluding hydrogens is 346 g/mol. The first-order valence-corrected chi connectivity index (χ1v) is 6.28. The van der Waals surface area contributed by atoms with Crippen LogP contribution in [0.15, 0.2) is 20.3 Å². The van der Waals surface area contributed by atoms with E-state index in [-0.39, 0.29) is 4.47 Å². The van der Waals surface area contributed by atoms with Crippen molar-refractivity contribution in [3.63, 3.8) is 0 Å². The molecule has 1 aliphatic rings. The number of aliphatic hydroxyl groups excluding tert-OH is 2. The van der Waals surface area contributed by atoms with Gasteiger partial charge in [-0.3, -0.25) is 14.3 Å². The molecule has 112 valence electrons. The molecule has 10 heteroatoms. The fourth-order valence-corrected chi connectivity index (χ4v) is 2.33. The van der Waals surface area contributed by atoms with Gasteiger partial charge in [0.25, 0.3) is 11.4 Å². The molecule has 0 bridgehead atoms. The SMILES string of the molecule is C[C@]1(F)[C@H](n2cc(Br)c(=O)[nH]c2=O)O[C@](F)(CO)[C@H]1O. The molecule has 2 rings (SSSR count). The Morgan fingerprint density at radius 2 is 2.15 bits per heavy atom. The van der Waals surface area contributed by atoms with Gasteiger partial charge in [-0.1, -0.05) is 0 Å². The van der Waals surface area contributed by atoms with E-state index in [1.807, 2.05) is 4.98 Å². The smallest absolute Gasteiger partial charge is 0.330 e. The van der Waals surface area contributed by atoms with Crippen LogP contribution >= 0.6 is 15.9 Å². The highest BCUT2D eigenvalue weighted by molar-refractivity contribution is 9.10. The molecule has 1 saturated heterocycles. The van der Waals surface area contributed by atoms with Crippen molar-refractivity contribution in [3.05, 3.63) is 31.5 Å². The van der Waals surface area contributed by atoms with Crippen LogP contribution in [0.2, 0.25) is 0 Å². The summed E-state index contributed by atoms with van der Waals surface area (Å²) in [5.41, 5.74) is -4.49. The van der Waals surface area contributed by atoms with Crippen LogP contribution in [0.1, 0.15) is 13.2 Å². The van der Waals surface area contributed by atoms with E-state index in [2.05, 4.69) is 20.7 Å². The van der Waals surface area contributed by atoms with E-state index < -0.39 is 41.7 Å². The summed E-state index contributed by atoms with van der Waals surface area (Å²) in [5, 5.41) is 18.5. The van der Waals surface area contributed by atoms with Gasteiger partial charge >= 0.3 is 5.69 Å². The number of hydrogen-bond acceptors (Lipinski definition) is 5. The van der Waals surface area contributed by atoms with Crippen molar-refractivity contribution in [3.8, 4) is 0 Å². The van der Waals surface area contributed by atoms with Crippen LogP contribution in [0.4, 0.5) is 8.78 Å². The maximum atomic E-state index is 14.5. The highest BCUT2D eigenvalue weighted by atomic mass is 79.9. The summed E-state index contributed by atoms with van der Waals surface area (Å²) in [6, 6.07) is 0. The fraction of sp³-hybridized carbons (Fsp3) is 0.600. The number of alkyl halides is 2. The van der Waals surface area contributed by atoms with Gasteiger partial charge in [0.15, 0.2) is 18.0 Å². The van der Waals surface area contributed by atoms with Crippen molar-refractivity contribution < 1.29 is 23.7 Å². The standard InChI is InChI=1S/C10H11BrF2N2O5/c1-9(12)6(18)10(13,3-16)20-7(9)15-2-4(11)5(17)14-8(15)19/h2,6-7,16,18H,3H2,1H3,(H,14,17,19)/t6-,7+,9+,10+/m0/s1.